The van der Waals surface area contributed by atoms with Gasteiger partial charge in [0, 0.05) is 6.04 Å². The van der Waals surface area contributed by atoms with Gasteiger partial charge in [-0.2, -0.15) is 0 Å². The third-order valence-corrected chi connectivity index (χ3v) is 3.35. The molecule has 1 aliphatic rings. The molecular formula is C13H15FN2O3. The van der Waals surface area contributed by atoms with Crippen LogP contribution in [0.2, 0.25) is 0 Å². The number of rotatable bonds is 3. The third kappa shape index (κ3) is 2.73. The molecule has 0 aromatic heterocycles. The molecule has 1 heterocycles. The maximum Gasteiger partial charge on any atom is 0.337 e. The number of anilines is 1. The summed E-state index contributed by atoms with van der Waals surface area (Å²) in [6.45, 7) is 2.60. The molecule has 102 valence electrons. The Balaban J connectivity index is 2.23. The van der Waals surface area contributed by atoms with Crippen LogP contribution in [0, 0.1) is 11.7 Å². The number of aromatic carboxylic acids is 1. The van der Waals surface area contributed by atoms with E-state index >= 15 is 0 Å². The Morgan fingerprint density at radius 2 is 2.21 bits per heavy atom. The minimum atomic E-state index is -1.27. The molecule has 5 nitrogen and oxygen atoms in total. The molecule has 19 heavy (non-hydrogen) atoms. The van der Waals surface area contributed by atoms with Crippen LogP contribution < -0.4 is 10.6 Å². The second-order valence-electron chi connectivity index (χ2n) is 4.59. The fraction of sp³-hybridized carbons (Fsp3) is 0.385. The highest BCUT2D eigenvalue weighted by Crippen LogP contribution is 2.23. The van der Waals surface area contributed by atoms with Gasteiger partial charge in [-0.1, -0.05) is 6.07 Å². The van der Waals surface area contributed by atoms with Crippen molar-refractivity contribution >= 4 is 17.6 Å². The Morgan fingerprint density at radius 1 is 1.47 bits per heavy atom. The van der Waals surface area contributed by atoms with E-state index in [2.05, 4.69) is 10.6 Å². The van der Waals surface area contributed by atoms with Crippen molar-refractivity contribution in [2.45, 2.75) is 19.4 Å². The second kappa shape index (κ2) is 5.36. The Bertz CT molecular complexity index is 519. The number of carboxylic acid groups (broad SMARTS) is 1. The van der Waals surface area contributed by atoms with Crippen molar-refractivity contribution in [1.82, 2.24) is 5.32 Å². The number of carbonyl (C=O) groups excluding carboxylic acids is 1. The van der Waals surface area contributed by atoms with Crippen LogP contribution in [0.5, 0.6) is 0 Å². The molecule has 0 aliphatic carbocycles. The van der Waals surface area contributed by atoms with Gasteiger partial charge in [0.05, 0.1) is 17.2 Å². The number of hydrogen-bond acceptors (Lipinski definition) is 3. The Hall–Kier alpha value is -1.95. The summed E-state index contributed by atoms with van der Waals surface area (Å²) in [4.78, 5) is 23.1. The summed E-state index contributed by atoms with van der Waals surface area (Å²) in [7, 11) is 0. The zero-order chi connectivity index (χ0) is 14.0. The Labute approximate surface area is 109 Å². The van der Waals surface area contributed by atoms with Crippen LogP contribution in [0.4, 0.5) is 10.1 Å². The molecule has 3 N–H and O–H groups in total. The van der Waals surface area contributed by atoms with Gasteiger partial charge in [-0.15, -0.1) is 0 Å². The van der Waals surface area contributed by atoms with Gasteiger partial charge < -0.3 is 15.7 Å². The van der Waals surface area contributed by atoms with Gasteiger partial charge in [0.15, 0.2) is 0 Å². The first kappa shape index (κ1) is 13.5. The van der Waals surface area contributed by atoms with Crippen molar-refractivity contribution in [3.63, 3.8) is 0 Å². The molecule has 1 saturated heterocycles. The van der Waals surface area contributed by atoms with Gasteiger partial charge in [0.2, 0.25) is 5.91 Å². The SMILES string of the molecule is CC1NCCC1C(=O)Nc1c(F)cccc1C(=O)O. The normalized spacial score (nSPS) is 22.2. The van der Waals surface area contributed by atoms with E-state index in [4.69, 9.17) is 5.11 Å². The largest absolute Gasteiger partial charge is 0.478 e. The minimum absolute atomic E-state index is 0.0000477. The van der Waals surface area contributed by atoms with Crippen LogP contribution in [-0.4, -0.2) is 29.6 Å². The molecule has 1 aromatic rings. The number of nitrogens with one attached hydrogen (secondary N) is 2. The van der Waals surface area contributed by atoms with Gasteiger partial charge in [-0.3, -0.25) is 4.79 Å². The van der Waals surface area contributed by atoms with E-state index in [1.54, 1.807) is 0 Å². The van der Waals surface area contributed by atoms with Gasteiger partial charge in [-0.25, -0.2) is 9.18 Å². The topological polar surface area (TPSA) is 78.4 Å². The molecular weight excluding hydrogens is 251 g/mol. The third-order valence-electron chi connectivity index (χ3n) is 3.35. The minimum Gasteiger partial charge on any atom is -0.478 e. The lowest BCUT2D eigenvalue weighted by Gasteiger charge is -2.16. The molecule has 0 spiro atoms. The maximum atomic E-state index is 13.7. The van der Waals surface area contributed by atoms with Crippen molar-refractivity contribution in [3.05, 3.63) is 29.6 Å². The number of amides is 1. The van der Waals surface area contributed by atoms with E-state index in [1.807, 2.05) is 6.92 Å². The molecule has 1 aromatic carbocycles. The van der Waals surface area contributed by atoms with Gasteiger partial charge in [0.1, 0.15) is 5.82 Å². The van der Waals surface area contributed by atoms with E-state index in [9.17, 15) is 14.0 Å². The van der Waals surface area contributed by atoms with Crippen molar-refractivity contribution in [2.24, 2.45) is 5.92 Å². The lowest BCUT2D eigenvalue weighted by Crippen LogP contribution is -2.32. The van der Waals surface area contributed by atoms with Crippen LogP contribution in [0.3, 0.4) is 0 Å². The summed E-state index contributed by atoms with van der Waals surface area (Å²) in [6.07, 6.45) is 0.657. The van der Waals surface area contributed by atoms with Crippen LogP contribution in [-0.2, 0) is 4.79 Å². The van der Waals surface area contributed by atoms with Crippen LogP contribution in [0.25, 0.3) is 0 Å². The van der Waals surface area contributed by atoms with E-state index in [0.29, 0.717) is 6.42 Å². The first-order chi connectivity index (χ1) is 9.00. The summed E-state index contributed by atoms with van der Waals surface area (Å²) in [5.41, 5.74) is -0.508. The predicted molar refractivity (Wildman–Crippen MR) is 67.6 cm³/mol. The number of carboxylic acids is 1. The summed E-state index contributed by atoms with van der Waals surface area (Å²) >= 11 is 0. The van der Waals surface area contributed by atoms with Crippen molar-refractivity contribution in [3.8, 4) is 0 Å². The first-order valence-corrected chi connectivity index (χ1v) is 6.06. The van der Waals surface area contributed by atoms with Gasteiger partial charge >= 0.3 is 5.97 Å². The second-order valence-corrected chi connectivity index (χ2v) is 4.59. The lowest BCUT2D eigenvalue weighted by molar-refractivity contribution is -0.120. The summed E-state index contributed by atoms with van der Waals surface area (Å²) in [5, 5.41) is 14.5. The van der Waals surface area contributed by atoms with Gasteiger partial charge in [-0.05, 0) is 32.0 Å². The predicted octanol–water partition coefficient (Wildman–Crippen LogP) is 1.46. The molecule has 6 heteroatoms. The van der Waals surface area contributed by atoms with Gasteiger partial charge in [0.25, 0.3) is 0 Å². The van der Waals surface area contributed by atoms with E-state index < -0.39 is 11.8 Å². The first-order valence-electron chi connectivity index (χ1n) is 6.06. The smallest absolute Gasteiger partial charge is 0.337 e. The number of carbonyl (C=O) groups is 2. The zero-order valence-electron chi connectivity index (χ0n) is 10.4. The molecule has 1 amide bonds. The van der Waals surface area contributed by atoms with Crippen molar-refractivity contribution < 1.29 is 19.1 Å². The number of hydrogen-bond donors (Lipinski definition) is 3. The lowest BCUT2D eigenvalue weighted by atomic mass is 10.0. The fourth-order valence-corrected chi connectivity index (χ4v) is 2.26. The molecule has 1 aliphatic heterocycles. The molecule has 1 fully saturated rings. The zero-order valence-corrected chi connectivity index (χ0v) is 10.4. The fourth-order valence-electron chi connectivity index (χ4n) is 2.26. The van der Waals surface area contributed by atoms with Crippen LogP contribution in [0.15, 0.2) is 18.2 Å². The maximum absolute atomic E-state index is 13.7. The number of para-hydroxylation sites is 1. The Kier molecular flexibility index (Phi) is 3.80. The molecule has 2 unspecified atom stereocenters. The highest BCUT2D eigenvalue weighted by atomic mass is 19.1. The van der Waals surface area contributed by atoms with Crippen LogP contribution >= 0.6 is 0 Å². The molecule has 0 radical (unpaired) electrons. The van der Waals surface area contributed by atoms with E-state index in [0.717, 1.165) is 12.6 Å². The van der Waals surface area contributed by atoms with Crippen LogP contribution in [0.1, 0.15) is 23.7 Å². The molecule has 2 rings (SSSR count). The quantitative estimate of drug-likeness (QED) is 0.774. The van der Waals surface area contributed by atoms with E-state index in [1.165, 1.54) is 12.1 Å². The molecule has 0 bridgehead atoms. The summed E-state index contributed by atoms with van der Waals surface area (Å²) in [6, 6.07) is 3.68. The molecule has 2 atom stereocenters. The summed E-state index contributed by atoms with van der Waals surface area (Å²) in [5.74, 6) is -2.65. The average Bonchev–Trinajstić information content (AvgIpc) is 2.77. The summed E-state index contributed by atoms with van der Waals surface area (Å²) < 4.78 is 13.7. The van der Waals surface area contributed by atoms with Crippen molar-refractivity contribution in [1.29, 1.82) is 0 Å². The highest BCUT2D eigenvalue weighted by Gasteiger charge is 2.30. The standard InChI is InChI=1S/C13H15FN2O3/c1-7-8(5-6-15-7)12(17)16-11-9(13(18)19)3-2-4-10(11)14/h2-4,7-8,15H,5-6H2,1H3,(H,16,17)(H,18,19). The Morgan fingerprint density at radius 3 is 2.79 bits per heavy atom. The molecule has 0 saturated carbocycles. The highest BCUT2D eigenvalue weighted by molar-refractivity contribution is 6.01. The van der Waals surface area contributed by atoms with E-state index in [-0.39, 0.29) is 29.1 Å². The van der Waals surface area contributed by atoms with Crippen molar-refractivity contribution in [2.75, 3.05) is 11.9 Å². The monoisotopic (exact) mass is 266 g/mol. The number of halogens is 1. The average molecular weight is 266 g/mol. The number of benzene rings is 1.